The first kappa shape index (κ1) is 19.4. The van der Waals surface area contributed by atoms with E-state index in [1.165, 1.54) is 17.8 Å². The minimum absolute atomic E-state index is 0. The molecule has 1 amide bonds. The monoisotopic (exact) mass is 403 g/mol. The Morgan fingerprint density at radius 1 is 1.10 bits per heavy atom. The largest absolute Gasteiger partial charge is 0.457 e. The number of ether oxygens (including phenoxy) is 1. The molecule has 7 heteroatoms. The maximum Gasteiger partial charge on any atom is 0.267 e. The van der Waals surface area contributed by atoms with E-state index in [2.05, 4.69) is 48.4 Å². The topological polar surface area (TPSA) is 95.1 Å². The number of imidazole rings is 1. The molecule has 2 aromatic carbocycles. The number of hydrogen-bond donors (Lipinski definition) is 2. The molecule has 2 heterocycles. The first-order valence-electron chi connectivity index (χ1n) is 9.68. The second-order valence-corrected chi connectivity index (χ2v) is 7.39. The van der Waals surface area contributed by atoms with Crippen LogP contribution in [0.2, 0.25) is 0 Å². The predicted molar refractivity (Wildman–Crippen MR) is 119 cm³/mol. The predicted octanol–water partition coefficient (Wildman–Crippen LogP) is 4.97. The summed E-state index contributed by atoms with van der Waals surface area (Å²) in [6.45, 7) is 4.35. The molecule has 0 saturated heterocycles. The third-order valence-corrected chi connectivity index (χ3v) is 4.91. The molecular weight excluding hydrogens is 378 g/mol. The number of pyridine rings is 1. The minimum atomic E-state index is -0.599. The molecule has 4 rings (SSSR count). The quantitative estimate of drug-likeness (QED) is 0.474. The molecule has 4 aromatic rings. The van der Waals surface area contributed by atoms with Crippen molar-refractivity contribution < 1.29 is 11.0 Å². The highest BCUT2D eigenvalue weighted by Crippen LogP contribution is 2.28. The average Bonchev–Trinajstić information content (AvgIpc) is 3.03. The van der Waals surface area contributed by atoms with Crippen LogP contribution in [-0.4, -0.2) is 20.4 Å². The summed E-state index contributed by atoms with van der Waals surface area (Å²) in [7, 11) is 1.96. The number of carbonyl (C=O) groups is 1. The van der Waals surface area contributed by atoms with E-state index in [1.807, 2.05) is 29.8 Å². The fourth-order valence-corrected chi connectivity index (χ4v) is 3.18. The summed E-state index contributed by atoms with van der Waals surface area (Å²) < 4.78 is 7.86. The molecule has 3 N–H and O–H groups in total. The Morgan fingerprint density at radius 2 is 1.83 bits per heavy atom. The maximum absolute atomic E-state index is 11.3. The summed E-state index contributed by atoms with van der Waals surface area (Å²) in [5.74, 6) is 1.72. The molecule has 0 saturated carbocycles. The molecule has 2 aromatic heterocycles. The van der Waals surface area contributed by atoms with Crippen LogP contribution in [0.15, 0.2) is 60.8 Å². The lowest BCUT2D eigenvalue weighted by molar-refractivity contribution is 0.0995. The lowest BCUT2D eigenvalue weighted by atomic mass is 10.0. The van der Waals surface area contributed by atoms with Gasteiger partial charge in [-0.05, 0) is 41.8 Å². The van der Waals surface area contributed by atoms with Gasteiger partial charge in [-0.25, -0.2) is 4.98 Å². The summed E-state index contributed by atoms with van der Waals surface area (Å²) in [6.07, 6.45) is 1.49. The van der Waals surface area contributed by atoms with E-state index in [0.717, 1.165) is 22.7 Å². The van der Waals surface area contributed by atoms with Crippen molar-refractivity contribution >= 4 is 28.6 Å². The number of anilines is 2. The van der Waals surface area contributed by atoms with E-state index in [0.29, 0.717) is 17.4 Å². The number of rotatable bonds is 6. The molecular formula is C23H25N5O2. The number of nitrogens with two attached hydrogens (primary N) is 1. The van der Waals surface area contributed by atoms with E-state index >= 15 is 0 Å². The van der Waals surface area contributed by atoms with Crippen molar-refractivity contribution in [3.8, 4) is 11.5 Å². The zero-order valence-electron chi connectivity index (χ0n) is 17.1. The minimum Gasteiger partial charge on any atom is -0.457 e. The van der Waals surface area contributed by atoms with Gasteiger partial charge in [0.2, 0.25) is 5.95 Å². The van der Waals surface area contributed by atoms with E-state index < -0.39 is 5.91 Å². The summed E-state index contributed by atoms with van der Waals surface area (Å²) in [5, 5.41) is 3.37. The van der Waals surface area contributed by atoms with Crippen LogP contribution in [0.25, 0.3) is 11.0 Å². The third kappa shape index (κ3) is 3.96. The molecule has 30 heavy (non-hydrogen) atoms. The Morgan fingerprint density at radius 3 is 2.53 bits per heavy atom. The van der Waals surface area contributed by atoms with Crippen LogP contribution < -0.4 is 15.8 Å². The SMILES string of the molecule is CC(C)c1ccc(Nc2nc3cc(Oc4ccnc(C(N)=O)c4)ccc3n2C)cc1.[HH]. The van der Waals surface area contributed by atoms with Gasteiger partial charge in [0.1, 0.15) is 17.2 Å². The first-order chi connectivity index (χ1) is 14.4. The van der Waals surface area contributed by atoms with Crippen molar-refractivity contribution in [3.63, 3.8) is 0 Å². The van der Waals surface area contributed by atoms with Gasteiger partial charge >= 0.3 is 0 Å². The molecule has 7 nitrogen and oxygen atoms in total. The van der Waals surface area contributed by atoms with Gasteiger partial charge in [-0.3, -0.25) is 9.78 Å². The second-order valence-electron chi connectivity index (χ2n) is 7.39. The van der Waals surface area contributed by atoms with Crippen molar-refractivity contribution in [2.75, 3.05) is 5.32 Å². The highest BCUT2D eigenvalue weighted by atomic mass is 16.5. The number of aromatic nitrogens is 3. The highest BCUT2D eigenvalue weighted by molar-refractivity contribution is 5.91. The van der Waals surface area contributed by atoms with Crippen LogP contribution >= 0.6 is 0 Å². The van der Waals surface area contributed by atoms with E-state index in [4.69, 9.17) is 15.5 Å². The van der Waals surface area contributed by atoms with Crippen LogP contribution in [0.4, 0.5) is 11.6 Å². The fraction of sp³-hybridized carbons (Fsp3) is 0.174. The van der Waals surface area contributed by atoms with Gasteiger partial charge in [-0.2, -0.15) is 0 Å². The van der Waals surface area contributed by atoms with Crippen LogP contribution in [0.3, 0.4) is 0 Å². The molecule has 0 fully saturated rings. The van der Waals surface area contributed by atoms with Gasteiger partial charge in [0, 0.05) is 32.5 Å². The third-order valence-electron chi connectivity index (χ3n) is 4.91. The van der Waals surface area contributed by atoms with Gasteiger partial charge in [-0.1, -0.05) is 26.0 Å². The number of nitrogens with one attached hydrogen (secondary N) is 1. The number of nitrogens with zero attached hydrogens (tertiary/aromatic N) is 3. The molecule has 0 spiro atoms. The molecule has 0 atom stereocenters. The van der Waals surface area contributed by atoms with Gasteiger partial charge in [0.05, 0.1) is 11.0 Å². The van der Waals surface area contributed by atoms with Crippen LogP contribution in [-0.2, 0) is 7.05 Å². The van der Waals surface area contributed by atoms with Crippen molar-refractivity contribution in [3.05, 3.63) is 72.1 Å². The number of benzene rings is 2. The van der Waals surface area contributed by atoms with Gasteiger partial charge in [0.15, 0.2) is 0 Å². The lowest BCUT2D eigenvalue weighted by Crippen LogP contribution is -2.12. The lowest BCUT2D eigenvalue weighted by Gasteiger charge is -2.09. The number of hydrogen-bond acceptors (Lipinski definition) is 5. The summed E-state index contributed by atoms with van der Waals surface area (Å²) in [4.78, 5) is 19.9. The van der Waals surface area contributed by atoms with Crippen molar-refractivity contribution in [1.82, 2.24) is 14.5 Å². The smallest absolute Gasteiger partial charge is 0.267 e. The van der Waals surface area contributed by atoms with Crippen LogP contribution in [0.5, 0.6) is 11.5 Å². The second kappa shape index (κ2) is 7.87. The Hall–Kier alpha value is -3.87. The van der Waals surface area contributed by atoms with Crippen molar-refractivity contribution in [2.24, 2.45) is 12.8 Å². The number of aryl methyl sites for hydroxylation is 1. The summed E-state index contributed by atoms with van der Waals surface area (Å²) in [6, 6.07) is 17.2. The van der Waals surface area contributed by atoms with E-state index in [-0.39, 0.29) is 7.12 Å². The number of fused-ring (bicyclic) bond motifs is 1. The number of carbonyl (C=O) groups excluding carboxylic acids is 1. The zero-order valence-corrected chi connectivity index (χ0v) is 17.1. The fourth-order valence-electron chi connectivity index (χ4n) is 3.18. The standard InChI is InChI=1S/C23H23N5O2.H2/c1-14(2)15-4-6-16(7-5-15)26-23-27-19-12-17(8-9-21(19)28(23)3)30-18-10-11-25-20(13-18)22(24)29;/h4-14H,1-3H3,(H2,24,29)(H,26,27);1H. The molecule has 0 aliphatic carbocycles. The molecule has 0 radical (unpaired) electrons. The molecule has 154 valence electrons. The molecule has 0 aliphatic rings. The Balaban J connectivity index is 0.00000272. The average molecular weight is 403 g/mol. The number of primary amides is 1. The number of amides is 1. The van der Waals surface area contributed by atoms with Gasteiger partial charge in [-0.15, -0.1) is 0 Å². The van der Waals surface area contributed by atoms with E-state index in [1.54, 1.807) is 6.07 Å². The normalized spacial score (nSPS) is 11.1. The van der Waals surface area contributed by atoms with Gasteiger partial charge in [0.25, 0.3) is 5.91 Å². The summed E-state index contributed by atoms with van der Waals surface area (Å²) in [5.41, 5.74) is 9.47. The van der Waals surface area contributed by atoms with Crippen molar-refractivity contribution in [1.29, 1.82) is 0 Å². The van der Waals surface area contributed by atoms with Crippen LogP contribution in [0.1, 0.15) is 37.2 Å². The van der Waals surface area contributed by atoms with Gasteiger partial charge < -0.3 is 20.4 Å². The Bertz CT molecular complexity index is 1220. The molecule has 0 aliphatic heterocycles. The van der Waals surface area contributed by atoms with Crippen molar-refractivity contribution in [2.45, 2.75) is 19.8 Å². The highest BCUT2D eigenvalue weighted by Gasteiger charge is 2.11. The zero-order chi connectivity index (χ0) is 21.3. The molecule has 0 bridgehead atoms. The Labute approximate surface area is 176 Å². The summed E-state index contributed by atoms with van der Waals surface area (Å²) >= 11 is 0. The van der Waals surface area contributed by atoms with Crippen LogP contribution in [0, 0.1) is 0 Å². The van der Waals surface area contributed by atoms with E-state index in [9.17, 15) is 4.79 Å². The Kier molecular flexibility index (Phi) is 5.10. The molecule has 0 unspecified atom stereocenters. The maximum atomic E-state index is 11.3. The first-order valence-corrected chi connectivity index (χ1v) is 9.68.